The van der Waals surface area contributed by atoms with E-state index in [2.05, 4.69) is 32.4 Å². The lowest BCUT2D eigenvalue weighted by molar-refractivity contribution is -0.112. The Morgan fingerprint density at radius 3 is 2.88 bits per heavy atom. The van der Waals surface area contributed by atoms with Crippen molar-refractivity contribution < 1.29 is 9.47 Å². The number of hydrogen-bond donors (Lipinski definition) is 2. The first kappa shape index (κ1) is 20.9. The van der Waals surface area contributed by atoms with Crippen LogP contribution in [0.2, 0.25) is 0 Å². The van der Waals surface area contributed by atoms with Crippen molar-refractivity contribution in [3.63, 3.8) is 0 Å². The van der Waals surface area contributed by atoms with Crippen LogP contribution in [-0.2, 0) is 29.5 Å². The van der Waals surface area contributed by atoms with E-state index in [9.17, 15) is 4.79 Å². The summed E-state index contributed by atoms with van der Waals surface area (Å²) < 4.78 is 15.0. The third-order valence-corrected chi connectivity index (χ3v) is 6.77. The standard InChI is InChI=1S/C20H29N9O3/c1-20(32-4)11-28(7-6-14(20)31-3)17-13-10-21-27(2)16(13)23-18(24-17)22-12-5-8-29-15(9-12)25-26-19(29)30/h10,12,14H,5-9,11H2,1-4H3,(H,26,30)(H,22,23,24)/t12?,14-,20+/m1/s1. The van der Waals surface area contributed by atoms with Crippen LogP contribution in [0.15, 0.2) is 11.0 Å². The van der Waals surface area contributed by atoms with E-state index in [0.717, 1.165) is 42.1 Å². The van der Waals surface area contributed by atoms with E-state index in [4.69, 9.17) is 19.4 Å². The summed E-state index contributed by atoms with van der Waals surface area (Å²) in [7, 11) is 5.33. The monoisotopic (exact) mass is 443 g/mol. The van der Waals surface area contributed by atoms with Gasteiger partial charge in [-0.1, -0.05) is 0 Å². The SMILES string of the molecule is CO[C@@H]1CCN(c2nc(NC3CCn4c(n[nH]c4=O)C3)nc3c2cnn3C)C[C@]1(C)OC. The Labute approximate surface area is 184 Å². The maximum absolute atomic E-state index is 11.8. The van der Waals surface area contributed by atoms with Gasteiger partial charge in [-0.25, -0.2) is 9.89 Å². The normalized spacial score (nSPS) is 25.8. The molecular formula is C20H29N9O3. The first-order valence-electron chi connectivity index (χ1n) is 10.8. The van der Waals surface area contributed by atoms with Crippen molar-refractivity contribution in [2.45, 2.75) is 50.5 Å². The quantitative estimate of drug-likeness (QED) is 0.572. The van der Waals surface area contributed by atoms with Crippen molar-refractivity contribution in [2.24, 2.45) is 7.05 Å². The van der Waals surface area contributed by atoms with Crippen LogP contribution in [0.25, 0.3) is 11.0 Å². The number of anilines is 2. The van der Waals surface area contributed by atoms with Gasteiger partial charge in [-0.15, -0.1) is 0 Å². The number of ether oxygens (including phenoxy) is 2. The zero-order valence-electron chi connectivity index (χ0n) is 18.8. The van der Waals surface area contributed by atoms with Crippen molar-refractivity contribution >= 4 is 22.8 Å². The number of aromatic amines is 1. The number of methoxy groups -OCH3 is 2. The van der Waals surface area contributed by atoms with Crippen LogP contribution in [-0.4, -0.2) is 79.6 Å². The summed E-state index contributed by atoms with van der Waals surface area (Å²) >= 11 is 0. The van der Waals surface area contributed by atoms with E-state index < -0.39 is 5.60 Å². The Balaban J connectivity index is 1.46. The predicted octanol–water partition coefficient (Wildman–Crippen LogP) is 0.305. The van der Waals surface area contributed by atoms with Gasteiger partial charge in [0.2, 0.25) is 5.95 Å². The summed E-state index contributed by atoms with van der Waals surface area (Å²) in [6.45, 7) is 4.12. The highest BCUT2D eigenvalue weighted by Crippen LogP contribution is 2.33. The summed E-state index contributed by atoms with van der Waals surface area (Å²) in [6, 6.07) is 0.0831. The largest absolute Gasteiger partial charge is 0.378 e. The Kier molecular flexibility index (Phi) is 5.13. The van der Waals surface area contributed by atoms with Gasteiger partial charge in [-0.3, -0.25) is 9.25 Å². The molecule has 0 amide bonds. The second kappa shape index (κ2) is 7.85. The summed E-state index contributed by atoms with van der Waals surface area (Å²) in [4.78, 5) is 23.6. The van der Waals surface area contributed by atoms with E-state index in [1.807, 2.05) is 13.2 Å². The zero-order chi connectivity index (χ0) is 22.5. The third kappa shape index (κ3) is 3.43. The van der Waals surface area contributed by atoms with Crippen molar-refractivity contribution in [2.75, 3.05) is 37.5 Å². The molecule has 12 heteroatoms. The number of rotatable bonds is 5. The molecule has 3 aromatic rings. The minimum atomic E-state index is -0.451. The molecule has 1 unspecified atom stereocenters. The molecule has 172 valence electrons. The molecule has 2 aliphatic heterocycles. The average molecular weight is 444 g/mol. The molecule has 32 heavy (non-hydrogen) atoms. The topological polar surface area (TPSA) is 128 Å². The second-order valence-corrected chi connectivity index (χ2v) is 8.76. The van der Waals surface area contributed by atoms with Gasteiger partial charge in [0.25, 0.3) is 0 Å². The summed E-state index contributed by atoms with van der Waals surface area (Å²) in [5.74, 6) is 2.12. The highest BCUT2D eigenvalue weighted by Gasteiger charge is 2.41. The van der Waals surface area contributed by atoms with Crippen LogP contribution < -0.4 is 15.9 Å². The van der Waals surface area contributed by atoms with E-state index in [0.29, 0.717) is 25.5 Å². The van der Waals surface area contributed by atoms with Gasteiger partial charge in [-0.05, 0) is 19.8 Å². The molecule has 5 rings (SSSR count). The van der Waals surface area contributed by atoms with Gasteiger partial charge in [-0.2, -0.15) is 20.2 Å². The number of H-pyrrole nitrogens is 1. The Hall–Kier alpha value is -2.99. The molecule has 0 radical (unpaired) electrons. The van der Waals surface area contributed by atoms with Crippen LogP contribution >= 0.6 is 0 Å². The van der Waals surface area contributed by atoms with Crippen molar-refractivity contribution in [1.29, 1.82) is 0 Å². The molecule has 0 saturated carbocycles. The molecule has 5 heterocycles. The minimum Gasteiger partial charge on any atom is -0.378 e. The molecule has 1 saturated heterocycles. The van der Waals surface area contributed by atoms with E-state index in [-0.39, 0.29) is 17.8 Å². The zero-order valence-corrected chi connectivity index (χ0v) is 18.8. The van der Waals surface area contributed by atoms with Crippen LogP contribution in [0.5, 0.6) is 0 Å². The molecule has 12 nitrogen and oxygen atoms in total. The molecule has 0 aromatic carbocycles. The maximum atomic E-state index is 11.8. The van der Waals surface area contributed by atoms with Crippen LogP contribution in [0.4, 0.5) is 11.8 Å². The van der Waals surface area contributed by atoms with Crippen molar-refractivity contribution in [3.8, 4) is 0 Å². The van der Waals surface area contributed by atoms with Crippen molar-refractivity contribution in [1.82, 2.24) is 34.5 Å². The molecule has 0 bridgehead atoms. The number of nitrogens with one attached hydrogen (secondary N) is 2. The van der Waals surface area contributed by atoms with E-state index in [1.165, 1.54) is 0 Å². The van der Waals surface area contributed by atoms with Crippen LogP contribution in [0, 0.1) is 0 Å². The lowest BCUT2D eigenvalue weighted by atomic mass is 9.91. The van der Waals surface area contributed by atoms with Gasteiger partial charge in [0.05, 0.1) is 24.2 Å². The number of fused-ring (bicyclic) bond motifs is 2. The van der Waals surface area contributed by atoms with Crippen LogP contribution in [0.3, 0.4) is 0 Å². The molecular weight excluding hydrogens is 414 g/mol. The molecule has 3 atom stereocenters. The fourth-order valence-electron chi connectivity index (χ4n) is 4.84. The molecule has 0 aliphatic carbocycles. The van der Waals surface area contributed by atoms with Gasteiger partial charge < -0.3 is 19.7 Å². The van der Waals surface area contributed by atoms with Crippen LogP contribution in [0.1, 0.15) is 25.6 Å². The Morgan fingerprint density at radius 1 is 1.25 bits per heavy atom. The van der Waals surface area contributed by atoms with Gasteiger partial charge in [0.1, 0.15) is 17.2 Å². The third-order valence-electron chi connectivity index (χ3n) is 6.77. The smallest absolute Gasteiger partial charge is 0.343 e. The second-order valence-electron chi connectivity index (χ2n) is 8.76. The van der Waals surface area contributed by atoms with Crippen molar-refractivity contribution in [3.05, 3.63) is 22.5 Å². The summed E-state index contributed by atoms with van der Waals surface area (Å²) in [6.07, 6.45) is 4.07. The Morgan fingerprint density at radius 2 is 2.09 bits per heavy atom. The Bertz CT molecular complexity index is 1180. The molecule has 2 aliphatic rings. The lowest BCUT2D eigenvalue weighted by Gasteiger charge is -2.45. The fourth-order valence-corrected chi connectivity index (χ4v) is 4.84. The van der Waals surface area contributed by atoms with E-state index in [1.54, 1.807) is 23.5 Å². The number of aryl methyl sites for hydroxylation is 1. The van der Waals surface area contributed by atoms with Gasteiger partial charge >= 0.3 is 5.69 Å². The van der Waals surface area contributed by atoms with E-state index >= 15 is 0 Å². The molecule has 1 fully saturated rings. The lowest BCUT2D eigenvalue weighted by Crippen LogP contribution is -2.57. The number of aromatic nitrogens is 7. The average Bonchev–Trinajstić information content (AvgIpc) is 3.35. The molecule has 0 spiro atoms. The number of hydrogen-bond acceptors (Lipinski definition) is 9. The molecule has 2 N–H and O–H groups in total. The number of piperidine rings is 1. The first-order chi connectivity index (χ1) is 15.4. The maximum Gasteiger partial charge on any atom is 0.343 e. The minimum absolute atomic E-state index is 0.0151. The highest BCUT2D eigenvalue weighted by molar-refractivity contribution is 5.88. The summed E-state index contributed by atoms with van der Waals surface area (Å²) in [5.41, 5.74) is 0.152. The van der Waals surface area contributed by atoms with Gasteiger partial charge in [0, 0.05) is 46.8 Å². The number of nitrogens with zero attached hydrogens (tertiary/aromatic N) is 7. The highest BCUT2D eigenvalue weighted by atomic mass is 16.5. The first-order valence-corrected chi connectivity index (χ1v) is 10.8. The summed E-state index contributed by atoms with van der Waals surface area (Å²) in [5, 5.41) is 15.4. The van der Waals surface area contributed by atoms with Gasteiger partial charge in [0.15, 0.2) is 5.65 Å². The fraction of sp³-hybridized carbons (Fsp3) is 0.650. The molecule has 3 aromatic heterocycles. The predicted molar refractivity (Wildman–Crippen MR) is 118 cm³/mol.